The highest BCUT2D eigenvalue weighted by Crippen LogP contribution is 2.33. The summed E-state index contributed by atoms with van der Waals surface area (Å²) in [6, 6.07) is 0.222. The summed E-state index contributed by atoms with van der Waals surface area (Å²) in [5.41, 5.74) is 2.69. The van der Waals surface area contributed by atoms with Crippen molar-refractivity contribution in [3.63, 3.8) is 0 Å². The first-order valence-electron chi connectivity index (χ1n) is 10.4. The van der Waals surface area contributed by atoms with Crippen molar-refractivity contribution in [3.05, 3.63) is 10.4 Å². The van der Waals surface area contributed by atoms with Crippen molar-refractivity contribution in [1.29, 1.82) is 0 Å². The number of hydrogen-bond donors (Lipinski definition) is 1. The van der Waals surface area contributed by atoms with Gasteiger partial charge in [0.1, 0.15) is 18.3 Å². The molecule has 3 aliphatic rings. The fourth-order valence-electron chi connectivity index (χ4n) is 3.80. The molecule has 8 atom stereocenters. The van der Waals surface area contributed by atoms with E-state index in [-0.39, 0.29) is 37.7 Å². The molecule has 0 aromatic carbocycles. The molecule has 1 N–H and O–H groups in total. The Bertz CT molecular complexity index is 800. The number of alkyl halides is 3. The Balaban J connectivity index is 0.000000283. The van der Waals surface area contributed by atoms with Gasteiger partial charge in [0.2, 0.25) is 0 Å². The average molecular weight is 522 g/mol. The van der Waals surface area contributed by atoms with E-state index in [0.29, 0.717) is 0 Å². The standard InChI is InChI=1S/C9H14F3N3O6S.C8H15NO3/c1-3-19-6-5(4-14-15-13)20-8(18-2)7(6)21-22(16,17)9(10,11)12;1-3-11-7-5-4-9-6(7)8(10-2)12-5/h5-8H,3-4H2,1-2H3;5-9H,3-4H2,1-2H3/t5-,6+,7-,8?;5-,6+,7+,8?/m11/s1. The Hall–Kier alpha value is -1.27. The smallest absolute Gasteiger partial charge is 0.374 e. The summed E-state index contributed by atoms with van der Waals surface area (Å²) in [6.07, 6.45) is -5.09. The fourth-order valence-corrected chi connectivity index (χ4v) is 4.40. The average Bonchev–Trinajstić information content (AvgIpc) is 3.43. The third-order valence-electron chi connectivity index (χ3n) is 5.17. The lowest BCUT2D eigenvalue weighted by molar-refractivity contribution is -0.144. The zero-order valence-electron chi connectivity index (χ0n) is 19.0. The minimum Gasteiger partial charge on any atom is -0.374 e. The summed E-state index contributed by atoms with van der Waals surface area (Å²) in [5.74, 6) is 0. The third-order valence-corrected chi connectivity index (χ3v) is 6.22. The number of azide groups is 1. The van der Waals surface area contributed by atoms with E-state index in [0.717, 1.165) is 20.3 Å². The summed E-state index contributed by atoms with van der Waals surface area (Å²) < 4.78 is 95.2. The van der Waals surface area contributed by atoms with Crippen LogP contribution in [0.15, 0.2) is 5.11 Å². The molecule has 0 amide bonds. The van der Waals surface area contributed by atoms with Crippen molar-refractivity contribution < 1.29 is 54.2 Å². The van der Waals surface area contributed by atoms with Gasteiger partial charge in [-0.3, -0.25) is 4.18 Å². The van der Waals surface area contributed by atoms with Gasteiger partial charge in [-0.05, 0) is 19.4 Å². The second-order valence-corrected chi connectivity index (χ2v) is 8.77. The molecule has 13 nitrogen and oxygen atoms in total. The van der Waals surface area contributed by atoms with Crippen LogP contribution in [0.25, 0.3) is 10.4 Å². The number of morpholine rings is 1. The molecule has 3 rings (SSSR count). The van der Waals surface area contributed by atoms with Crippen LogP contribution in [0.3, 0.4) is 0 Å². The van der Waals surface area contributed by atoms with Gasteiger partial charge in [-0.2, -0.15) is 21.6 Å². The molecular weight excluding hydrogens is 493 g/mol. The van der Waals surface area contributed by atoms with Crippen LogP contribution in [0.4, 0.5) is 13.2 Å². The topological polar surface area (TPSA) is 160 Å². The highest BCUT2D eigenvalue weighted by atomic mass is 32.2. The Kier molecular flexibility index (Phi) is 10.7. The lowest BCUT2D eigenvalue weighted by atomic mass is 10.1. The molecular formula is C17H29F3N4O9S. The fraction of sp³-hybridized carbons (Fsp3) is 1.00. The van der Waals surface area contributed by atoms with Crippen molar-refractivity contribution in [2.75, 3.05) is 40.5 Å². The number of nitrogens with zero attached hydrogens (tertiary/aromatic N) is 3. The molecule has 0 aliphatic carbocycles. The number of ether oxygens (including phenoxy) is 6. The molecule has 2 unspecified atom stereocenters. The lowest BCUT2D eigenvalue weighted by Gasteiger charge is -2.23. The van der Waals surface area contributed by atoms with Crippen LogP contribution in [-0.4, -0.2) is 104 Å². The van der Waals surface area contributed by atoms with Gasteiger partial charge in [0.05, 0.1) is 18.7 Å². The predicted molar refractivity (Wildman–Crippen MR) is 108 cm³/mol. The van der Waals surface area contributed by atoms with Gasteiger partial charge in [-0.1, -0.05) is 5.11 Å². The zero-order valence-corrected chi connectivity index (χ0v) is 19.8. The molecule has 0 aromatic rings. The lowest BCUT2D eigenvalue weighted by Crippen LogP contribution is -2.42. The maximum atomic E-state index is 12.4. The van der Waals surface area contributed by atoms with E-state index < -0.39 is 40.2 Å². The summed E-state index contributed by atoms with van der Waals surface area (Å²) >= 11 is 0. The molecule has 198 valence electrons. The minimum atomic E-state index is -5.86. The molecule has 3 heterocycles. The third kappa shape index (κ3) is 6.69. The van der Waals surface area contributed by atoms with Crippen molar-refractivity contribution in [3.8, 4) is 0 Å². The molecule has 0 aromatic heterocycles. The van der Waals surface area contributed by atoms with Crippen LogP contribution in [0.1, 0.15) is 13.8 Å². The Morgan fingerprint density at radius 2 is 1.68 bits per heavy atom. The van der Waals surface area contributed by atoms with E-state index in [1.54, 1.807) is 14.0 Å². The zero-order chi connectivity index (χ0) is 25.5. The number of rotatable bonds is 10. The number of hydrogen-bond acceptors (Lipinski definition) is 11. The maximum Gasteiger partial charge on any atom is 0.523 e. The summed E-state index contributed by atoms with van der Waals surface area (Å²) in [6.45, 7) is 4.92. The Labute approximate surface area is 194 Å². The molecule has 0 radical (unpaired) electrons. The van der Waals surface area contributed by atoms with Gasteiger partial charge in [0.15, 0.2) is 18.7 Å². The van der Waals surface area contributed by atoms with E-state index >= 15 is 0 Å². The molecule has 34 heavy (non-hydrogen) atoms. The maximum absolute atomic E-state index is 12.4. The van der Waals surface area contributed by atoms with Crippen LogP contribution in [0.5, 0.6) is 0 Å². The van der Waals surface area contributed by atoms with Gasteiger partial charge >= 0.3 is 15.6 Å². The summed E-state index contributed by atoms with van der Waals surface area (Å²) in [4.78, 5) is 2.49. The summed E-state index contributed by atoms with van der Waals surface area (Å²) in [7, 11) is -3.10. The highest BCUT2D eigenvalue weighted by Gasteiger charge is 2.55. The summed E-state index contributed by atoms with van der Waals surface area (Å²) in [5, 5.41) is 6.54. The first-order chi connectivity index (χ1) is 16.0. The molecule has 3 saturated heterocycles. The molecule has 3 aliphatic heterocycles. The molecule has 3 fully saturated rings. The van der Waals surface area contributed by atoms with Gasteiger partial charge in [-0.25, -0.2) is 0 Å². The second kappa shape index (κ2) is 12.6. The monoisotopic (exact) mass is 522 g/mol. The SMILES string of the molecule is CCO[C@@H]1[C@@H]2NC[C@H]1OC2OC.CCO[C@H]1[C@@H](CN=[N+]=[N-])OC(OC)[C@@H]1OS(=O)(=O)C(F)(F)F. The van der Waals surface area contributed by atoms with Gasteiger partial charge in [-0.15, -0.1) is 0 Å². The molecule has 0 saturated carbocycles. The van der Waals surface area contributed by atoms with E-state index in [9.17, 15) is 21.6 Å². The molecule has 0 spiro atoms. The van der Waals surface area contributed by atoms with E-state index in [2.05, 4.69) is 19.5 Å². The van der Waals surface area contributed by atoms with Crippen LogP contribution in [0, 0.1) is 0 Å². The van der Waals surface area contributed by atoms with Crippen molar-refractivity contribution in [1.82, 2.24) is 5.32 Å². The Morgan fingerprint density at radius 1 is 1.06 bits per heavy atom. The second-order valence-electron chi connectivity index (χ2n) is 7.21. The Morgan fingerprint density at radius 3 is 2.18 bits per heavy atom. The van der Waals surface area contributed by atoms with E-state index in [1.807, 2.05) is 6.92 Å². The number of fused-ring (bicyclic) bond motifs is 2. The number of halogens is 3. The first kappa shape index (κ1) is 29.0. The highest BCUT2D eigenvalue weighted by molar-refractivity contribution is 7.87. The first-order valence-corrected chi connectivity index (χ1v) is 11.8. The normalized spacial score (nSPS) is 35.0. The van der Waals surface area contributed by atoms with Crippen LogP contribution in [0.2, 0.25) is 0 Å². The van der Waals surface area contributed by atoms with Crippen LogP contribution < -0.4 is 5.32 Å². The molecule has 2 bridgehead atoms. The van der Waals surface area contributed by atoms with Gasteiger partial charge < -0.3 is 33.7 Å². The largest absolute Gasteiger partial charge is 0.523 e. The van der Waals surface area contributed by atoms with Crippen LogP contribution in [-0.2, 0) is 42.7 Å². The quantitative estimate of drug-likeness (QED) is 0.144. The minimum absolute atomic E-state index is 0.0448. The van der Waals surface area contributed by atoms with E-state index in [1.165, 1.54) is 0 Å². The number of methoxy groups -OCH3 is 2. The number of nitrogens with one attached hydrogen (secondary N) is 1. The van der Waals surface area contributed by atoms with Gasteiger partial charge in [0, 0.05) is 38.9 Å². The van der Waals surface area contributed by atoms with Crippen LogP contribution >= 0.6 is 0 Å². The molecule has 17 heteroatoms. The predicted octanol–water partition coefficient (Wildman–Crippen LogP) is 1.04. The van der Waals surface area contributed by atoms with Crippen molar-refractivity contribution >= 4 is 10.1 Å². The van der Waals surface area contributed by atoms with Crippen molar-refractivity contribution in [2.24, 2.45) is 5.11 Å². The van der Waals surface area contributed by atoms with Crippen molar-refractivity contribution in [2.45, 2.75) is 68.5 Å². The van der Waals surface area contributed by atoms with E-state index in [4.69, 9.17) is 34.0 Å². The van der Waals surface area contributed by atoms with Gasteiger partial charge in [0.25, 0.3) is 0 Å².